The lowest BCUT2D eigenvalue weighted by molar-refractivity contribution is 0.0858. The summed E-state index contributed by atoms with van der Waals surface area (Å²) in [6.45, 7) is 7.81. The van der Waals surface area contributed by atoms with E-state index in [0.29, 0.717) is 29.3 Å². The maximum Gasteiger partial charge on any atom is 0.279 e. The SMILES string of the molecule is Cc1nc2ncc(CNc3ccc(C(=O)C(C)(C)C)cc3)nc2c(=O)[nH]1. The number of Topliss-reactive ketones (excluding diaryl/α,β-unsaturated/α-hetero) is 1. The summed E-state index contributed by atoms with van der Waals surface area (Å²) in [5.41, 5.74) is 2.01. The molecular weight excluding hydrogens is 330 g/mol. The highest BCUT2D eigenvalue weighted by molar-refractivity contribution is 6.00. The van der Waals surface area contributed by atoms with Crippen molar-refractivity contribution in [2.24, 2.45) is 5.41 Å². The molecule has 0 saturated heterocycles. The van der Waals surface area contributed by atoms with Crippen molar-refractivity contribution in [2.45, 2.75) is 34.2 Å². The number of aryl methyl sites for hydroxylation is 1. The van der Waals surface area contributed by atoms with Crippen LogP contribution in [0.15, 0.2) is 35.3 Å². The van der Waals surface area contributed by atoms with E-state index in [4.69, 9.17) is 0 Å². The van der Waals surface area contributed by atoms with Crippen molar-refractivity contribution in [2.75, 3.05) is 5.32 Å². The molecule has 0 saturated carbocycles. The van der Waals surface area contributed by atoms with Crippen molar-refractivity contribution < 1.29 is 4.79 Å². The number of nitrogens with zero attached hydrogens (tertiary/aromatic N) is 3. The molecule has 1 aromatic carbocycles. The molecule has 2 aromatic heterocycles. The quantitative estimate of drug-likeness (QED) is 0.701. The topological polar surface area (TPSA) is 101 Å². The molecule has 3 rings (SSSR count). The molecule has 7 heteroatoms. The number of carbonyl (C=O) groups is 1. The fraction of sp³-hybridized carbons (Fsp3) is 0.316. The number of H-pyrrole nitrogens is 1. The number of aromatic amines is 1. The minimum Gasteiger partial charge on any atom is -0.379 e. The summed E-state index contributed by atoms with van der Waals surface area (Å²) in [4.78, 5) is 39.5. The summed E-state index contributed by atoms with van der Waals surface area (Å²) in [5.74, 6) is 0.610. The van der Waals surface area contributed by atoms with E-state index < -0.39 is 5.41 Å². The monoisotopic (exact) mass is 351 g/mol. The van der Waals surface area contributed by atoms with Crippen LogP contribution in [0.1, 0.15) is 42.6 Å². The van der Waals surface area contributed by atoms with E-state index in [1.165, 1.54) is 0 Å². The van der Waals surface area contributed by atoms with Gasteiger partial charge in [0.25, 0.3) is 5.56 Å². The Morgan fingerprint density at radius 2 is 1.85 bits per heavy atom. The van der Waals surface area contributed by atoms with Gasteiger partial charge >= 0.3 is 0 Å². The summed E-state index contributed by atoms with van der Waals surface area (Å²) in [6, 6.07) is 7.31. The number of rotatable bonds is 4. The van der Waals surface area contributed by atoms with Crippen molar-refractivity contribution in [3.8, 4) is 0 Å². The Bertz CT molecular complexity index is 1020. The smallest absolute Gasteiger partial charge is 0.279 e. The van der Waals surface area contributed by atoms with E-state index >= 15 is 0 Å². The van der Waals surface area contributed by atoms with Crippen LogP contribution in [-0.4, -0.2) is 25.7 Å². The summed E-state index contributed by atoms with van der Waals surface area (Å²) < 4.78 is 0. The van der Waals surface area contributed by atoms with Gasteiger partial charge in [-0.1, -0.05) is 20.8 Å². The van der Waals surface area contributed by atoms with Gasteiger partial charge in [0.05, 0.1) is 18.4 Å². The van der Waals surface area contributed by atoms with Gasteiger partial charge in [-0.2, -0.15) is 0 Å². The molecule has 0 unspecified atom stereocenters. The van der Waals surface area contributed by atoms with Crippen molar-refractivity contribution >= 4 is 22.6 Å². The standard InChI is InChI=1S/C19H21N5O2/c1-11-22-17-15(18(26)23-11)24-14(10-21-17)9-20-13-7-5-12(6-8-13)16(25)19(2,3)4/h5-8,10,20H,9H2,1-4H3,(H,21,22,23,26). The lowest BCUT2D eigenvalue weighted by atomic mass is 9.86. The molecule has 134 valence electrons. The predicted octanol–water partition coefficient (Wildman–Crippen LogP) is 2.86. The van der Waals surface area contributed by atoms with E-state index in [2.05, 4.69) is 25.3 Å². The number of hydrogen-bond acceptors (Lipinski definition) is 6. The molecule has 0 spiro atoms. The van der Waals surface area contributed by atoms with Crippen molar-refractivity contribution in [1.29, 1.82) is 0 Å². The van der Waals surface area contributed by atoms with Gasteiger partial charge in [0, 0.05) is 16.7 Å². The van der Waals surface area contributed by atoms with Crippen LogP contribution in [0.4, 0.5) is 5.69 Å². The van der Waals surface area contributed by atoms with Crippen LogP contribution >= 0.6 is 0 Å². The maximum atomic E-state index is 12.3. The molecule has 0 fully saturated rings. The van der Waals surface area contributed by atoms with Crippen LogP contribution < -0.4 is 10.9 Å². The van der Waals surface area contributed by atoms with E-state index in [-0.39, 0.29) is 16.9 Å². The number of aromatic nitrogens is 4. The Labute approximate surface area is 150 Å². The molecule has 0 bridgehead atoms. The molecule has 2 N–H and O–H groups in total. The number of nitrogens with one attached hydrogen (secondary N) is 2. The normalized spacial score (nSPS) is 11.5. The molecule has 0 atom stereocenters. The van der Waals surface area contributed by atoms with Gasteiger partial charge in [-0.3, -0.25) is 9.59 Å². The summed E-state index contributed by atoms with van der Waals surface area (Å²) >= 11 is 0. The molecule has 0 aliphatic carbocycles. The molecule has 26 heavy (non-hydrogen) atoms. The Hall–Kier alpha value is -3.09. The maximum absolute atomic E-state index is 12.3. The highest BCUT2D eigenvalue weighted by atomic mass is 16.1. The zero-order chi connectivity index (χ0) is 18.9. The zero-order valence-corrected chi connectivity index (χ0v) is 15.3. The van der Waals surface area contributed by atoms with Crippen molar-refractivity contribution in [3.63, 3.8) is 0 Å². The average molecular weight is 351 g/mol. The van der Waals surface area contributed by atoms with E-state index in [9.17, 15) is 9.59 Å². The Kier molecular flexibility index (Phi) is 4.54. The summed E-state index contributed by atoms with van der Waals surface area (Å²) in [5, 5.41) is 3.21. The van der Waals surface area contributed by atoms with Crippen molar-refractivity contribution in [1.82, 2.24) is 19.9 Å². The molecular formula is C19H21N5O2. The third-order valence-electron chi connectivity index (χ3n) is 3.89. The second kappa shape index (κ2) is 6.67. The third kappa shape index (κ3) is 3.77. The fourth-order valence-corrected chi connectivity index (χ4v) is 2.51. The van der Waals surface area contributed by atoms with E-state index in [1.807, 2.05) is 32.9 Å². The lowest BCUT2D eigenvalue weighted by Gasteiger charge is -2.16. The van der Waals surface area contributed by atoms with Gasteiger partial charge in [-0.15, -0.1) is 0 Å². The first-order valence-electron chi connectivity index (χ1n) is 8.35. The minimum atomic E-state index is -0.408. The second-order valence-electron chi connectivity index (χ2n) is 7.19. The number of hydrogen-bond donors (Lipinski definition) is 2. The number of ketones is 1. The van der Waals surface area contributed by atoms with Gasteiger partial charge in [0.1, 0.15) is 5.82 Å². The van der Waals surface area contributed by atoms with Crippen LogP contribution in [0.25, 0.3) is 11.2 Å². The second-order valence-corrected chi connectivity index (χ2v) is 7.19. The van der Waals surface area contributed by atoms with Gasteiger partial charge in [0.2, 0.25) is 0 Å². The largest absolute Gasteiger partial charge is 0.379 e. The minimum absolute atomic E-state index is 0.103. The fourth-order valence-electron chi connectivity index (χ4n) is 2.51. The van der Waals surface area contributed by atoms with Crippen LogP contribution in [0, 0.1) is 12.3 Å². The number of fused-ring (bicyclic) bond motifs is 1. The first-order valence-corrected chi connectivity index (χ1v) is 8.35. The molecule has 0 radical (unpaired) electrons. The zero-order valence-electron chi connectivity index (χ0n) is 15.3. The molecule has 7 nitrogen and oxygen atoms in total. The highest BCUT2D eigenvalue weighted by Gasteiger charge is 2.22. The molecule has 0 amide bonds. The van der Waals surface area contributed by atoms with Crippen LogP contribution in [0.2, 0.25) is 0 Å². The molecule has 3 aromatic rings. The first-order chi connectivity index (χ1) is 12.2. The van der Waals surface area contributed by atoms with Gasteiger partial charge in [-0.05, 0) is 31.2 Å². The van der Waals surface area contributed by atoms with Crippen LogP contribution in [0.3, 0.4) is 0 Å². The predicted molar refractivity (Wildman–Crippen MR) is 100 cm³/mol. The van der Waals surface area contributed by atoms with Gasteiger partial charge in [0.15, 0.2) is 16.9 Å². The Morgan fingerprint density at radius 1 is 1.15 bits per heavy atom. The first kappa shape index (κ1) is 17.7. The number of benzene rings is 1. The lowest BCUT2D eigenvalue weighted by Crippen LogP contribution is -2.20. The summed E-state index contributed by atoms with van der Waals surface area (Å²) in [7, 11) is 0. The Morgan fingerprint density at radius 3 is 2.50 bits per heavy atom. The molecule has 2 heterocycles. The van der Waals surface area contributed by atoms with E-state index in [1.54, 1.807) is 25.3 Å². The van der Waals surface area contributed by atoms with Gasteiger partial charge < -0.3 is 10.3 Å². The van der Waals surface area contributed by atoms with Crippen molar-refractivity contribution in [3.05, 3.63) is 57.9 Å². The number of carbonyl (C=O) groups excluding carboxylic acids is 1. The molecule has 0 aliphatic heterocycles. The number of anilines is 1. The Balaban J connectivity index is 1.74. The highest BCUT2D eigenvalue weighted by Crippen LogP contribution is 2.22. The average Bonchev–Trinajstić information content (AvgIpc) is 2.59. The van der Waals surface area contributed by atoms with E-state index in [0.717, 1.165) is 5.69 Å². The van der Waals surface area contributed by atoms with Gasteiger partial charge in [-0.25, -0.2) is 15.0 Å². The third-order valence-corrected chi connectivity index (χ3v) is 3.89. The van der Waals surface area contributed by atoms with Crippen LogP contribution in [-0.2, 0) is 6.54 Å². The molecule has 0 aliphatic rings. The summed E-state index contributed by atoms with van der Waals surface area (Å²) in [6.07, 6.45) is 1.60. The van der Waals surface area contributed by atoms with Crippen LogP contribution in [0.5, 0.6) is 0 Å².